The Morgan fingerprint density at radius 2 is 1.66 bits per heavy atom. The number of ether oxygens (including phenoxy) is 1. The minimum atomic E-state index is -0.887. The zero-order chi connectivity index (χ0) is 26.7. The van der Waals surface area contributed by atoms with Crippen molar-refractivity contribution in [1.82, 2.24) is 9.80 Å². The molecular weight excluding hydrogens is 498 g/mol. The average Bonchev–Trinajstić information content (AvgIpc) is 3.58. The summed E-state index contributed by atoms with van der Waals surface area (Å²) in [7, 11) is 0. The van der Waals surface area contributed by atoms with E-state index in [-0.39, 0.29) is 36.3 Å². The normalized spacial score (nSPS) is 21.8. The molecule has 192 valence electrons. The van der Waals surface area contributed by atoms with Gasteiger partial charge in [-0.3, -0.25) is 25.0 Å². The second kappa shape index (κ2) is 8.50. The van der Waals surface area contributed by atoms with Crippen LogP contribution in [-0.4, -0.2) is 62.3 Å². The fourth-order valence-corrected chi connectivity index (χ4v) is 5.65. The van der Waals surface area contributed by atoms with Crippen LogP contribution in [0.1, 0.15) is 12.0 Å². The van der Waals surface area contributed by atoms with Crippen molar-refractivity contribution in [2.45, 2.75) is 31.2 Å². The average molecular weight is 517 g/mol. The van der Waals surface area contributed by atoms with Crippen LogP contribution in [0.4, 0.5) is 26.7 Å². The van der Waals surface area contributed by atoms with Gasteiger partial charge >= 0.3 is 12.1 Å². The molecule has 0 aromatic heterocycles. The molecule has 0 spiro atoms. The molecule has 4 amide bonds. The van der Waals surface area contributed by atoms with Gasteiger partial charge in [-0.25, -0.2) is 14.5 Å². The molecule has 0 aliphatic carbocycles. The lowest BCUT2D eigenvalue weighted by molar-refractivity contribution is -0.384. The smallest absolute Gasteiger partial charge is 0.410 e. The Bertz CT molecular complexity index is 1540. The van der Waals surface area contributed by atoms with Gasteiger partial charge in [0, 0.05) is 30.1 Å². The molecule has 3 aromatic rings. The molecule has 3 unspecified atom stereocenters. The number of hydrogen-bond acceptors (Lipinski definition) is 8. The van der Waals surface area contributed by atoms with Gasteiger partial charge in [0.05, 0.1) is 33.0 Å². The van der Waals surface area contributed by atoms with Crippen molar-refractivity contribution in [2.24, 2.45) is 0 Å². The summed E-state index contributed by atoms with van der Waals surface area (Å²) in [5, 5.41) is 23.0. The third-order valence-electron chi connectivity index (χ3n) is 7.32. The second-order valence-corrected chi connectivity index (χ2v) is 9.30. The van der Waals surface area contributed by atoms with Crippen molar-refractivity contribution in [2.75, 3.05) is 11.4 Å². The Kier molecular flexibility index (Phi) is 5.22. The van der Waals surface area contributed by atoms with Gasteiger partial charge in [0.1, 0.15) is 12.6 Å². The first-order chi connectivity index (χ1) is 18.3. The maximum atomic E-state index is 13.6. The van der Waals surface area contributed by atoms with E-state index in [9.17, 15) is 34.6 Å². The second-order valence-electron chi connectivity index (χ2n) is 9.30. The number of nitro groups is 2. The fraction of sp³-hybridized carbons (Fsp3) is 0.240. The quantitative estimate of drug-likeness (QED) is 0.282. The van der Waals surface area contributed by atoms with Crippen molar-refractivity contribution >= 4 is 45.9 Å². The van der Waals surface area contributed by atoms with Crippen molar-refractivity contribution < 1.29 is 29.0 Å². The minimum Gasteiger partial charge on any atom is -0.445 e. The molecule has 3 saturated heterocycles. The Labute approximate surface area is 214 Å². The molecule has 3 atom stereocenters. The number of nitro benzene ring substituents is 2. The first-order valence-corrected chi connectivity index (χ1v) is 11.8. The molecule has 3 heterocycles. The van der Waals surface area contributed by atoms with Crippen LogP contribution < -0.4 is 4.90 Å². The first-order valence-electron chi connectivity index (χ1n) is 11.8. The number of likely N-dealkylation sites (tertiary alicyclic amines) is 1. The number of piperazine rings is 1. The topological polar surface area (TPSA) is 156 Å². The van der Waals surface area contributed by atoms with Gasteiger partial charge in [-0.1, -0.05) is 18.2 Å². The molecule has 6 rings (SSSR count). The highest BCUT2D eigenvalue weighted by Gasteiger charge is 2.63. The maximum Gasteiger partial charge on any atom is 0.410 e. The zero-order valence-electron chi connectivity index (χ0n) is 19.6. The molecule has 3 aromatic carbocycles. The molecule has 0 N–H and O–H groups in total. The minimum absolute atomic E-state index is 0.0770. The van der Waals surface area contributed by atoms with Gasteiger partial charge in [0.25, 0.3) is 17.3 Å². The largest absolute Gasteiger partial charge is 0.445 e. The van der Waals surface area contributed by atoms with Gasteiger partial charge in [0.2, 0.25) is 0 Å². The van der Waals surface area contributed by atoms with Crippen LogP contribution in [0.15, 0.2) is 60.7 Å². The number of benzene rings is 3. The third-order valence-corrected chi connectivity index (χ3v) is 7.32. The lowest BCUT2D eigenvalue weighted by Crippen LogP contribution is -2.54. The van der Waals surface area contributed by atoms with Gasteiger partial charge in [-0.15, -0.1) is 0 Å². The summed E-state index contributed by atoms with van der Waals surface area (Å²) in [6, 6.07) is 12.5. The molecule has 0 radical (unpaired) electrons. The molecule has 13 heteroatoms. The van der Waals surface area contributed by atoms with Crippen molar-refractivity contribution in [1.29, 1.82) is 0 Å². The number of anilines is 1. The standard InChI is InChI=1S/C25H19N5O8/c31-23-22-21-11-16(12-26(21)25(33)38-13-14-5-7-15(8-6-14)29(34)35)27(22)24(32)28(23)19-9-10-20(30(36)37)18-4-2-1-3-17(18)19/h1-10,16,21-22H,11-13H2. The van der Waals surface area contributed by atoms with E-state index in [2.05, 4.69) is 0 Å². The number of fused-ring (bicyclic) bond motifs is 6. The lowest BCUT2D eigenvalue weighted by atomic mass is 10.0. The van der Waals surface area contributed by atoms with Crippen LogP contribution in [0.2, 0.25) is 0 Å². The number of nitrogens with zero attached hydrogens (tertiary/aromatic N) is 5. The van der Waals surface area contributed by atoms with Crippen LogP contribution in [0.25, 0.3) is 10.8 Å². The highest BCUT2D eigenvalue weighted by atomic mass is 16.6. The van der Waals surface area contributed by atoms with Crippen LogP contribution >= 0.6 is 0 Å². The fourth-order valence-electron chi connectivity index (χ4n) is 5.65. The molecule has 3 aliphatic heterocycles. The third kappa shape index (κ3) is 3.43. The van der Waals surface area contributed by atoms with E-state index in [1.165, 1.54) is 46.2 Å². The van der Waals surface area contributed by atoms with Crippen molar-refractivity contribution in [3.05, 3.63) is 86.5 Å². The summed E-state index contributed by atoms with van der Waals surface area (Å²) < 4.78 is 5.41. The number of urea groups is 1. The summed E-state index contributed by atoms with van der Waals surface area (Å²) in [6.07, 6.45) is -0.209. The number of carbonyl (C=O) groups is 3. The summed E-state index contributed by atoms with van der Waals surface area (Å²) in [5.74, 6) is -0.505. The van der Waals surface area contributed by atoms with E-state index in [0.29, 0.717) is 22.8 Å². The lowest BCUT2D eigenvalue weighted by Gasteiger charge is -2.34. The molecule has 38 heavy (non-hydrogen) atoms. The molecule has 2 bridgehead atoms. The Hall–Kier alpha value is -5.07. The molecule has 0 saturated carbocycles. The van der Waals surface area contributed by atoms with E-state index in [4.69, 9.17) is 4.74 Å². The summed E-state index contributed by atoms with van der Waals surface area (Å²) >= 11 is 0. The highest BCUT2D eigenvalue weighted by Crippen LogP contribution is 2.44. The van der Waals surface area contributed by atoms with Crippen LogP contribution in [0.3, 0.4) is 0 Å². The number of carbonyl (C=O) groups excluding carboxylic acids is 3. The predicted octanol–water partition coefficient (Wildman–Crippen LogP) is 3.59. The molecular formula is C25H19N5O8. The van der Waals surface area contributed by atoms with E-state index < -0.39 is 40.0 Å². The Morgan fingerprint density at radius 1 is 0.947 bits per heavy atom. The number of amides is 4. The first kappa shape index (κ1) is 23.3. The zero-order valence-corrected chi connectivity index (χ0v) is 19.6. The van der Waals surface area contributed by atoms with Gasteiger partial charge in [-0.2, -0.15) is 0 Å². The molecule has 3 fully saturated rings. The summed E-state index contributed by atoms with van der Waals surface area (Å²) in [5.41, 5.74) is 0.610. The SMILES string of the molecule is O=C1C2C3CC(CN3C(=O)OCc3ccc([N+](=O)[O-])cc3)N2C(=O)N1c1ccc([N+](=O)[O-])c2ccccc12. The predicted molar refractivity (Wildman–Crippen MR) is 131 cm³/mol. The van der Waals surface area contributed by atoms with Gasteiger partial charge in [0.15, 0.2) is 0 Å². The van der Waals surface area contributed by atoms with E-state index in [0.717, 1.165) is 4.90 Å². The van der Waals surface area contributed by atoms with Crippen molar-refractivity contribution in [3.63, 3.8) is 0 Å². The number of hydrogen-bond donors (Lipinski definition) is 0. The number of rotatable bonds is 5. The Balaban J connectivity index is 1.22. The van der Waals surface area contributed by atoms with Gasteiger partial charge in [-0.05, 0) is 36.2 Å². The monoisotopic (exact) mass is 517 g/mol. The summed E-state index contributed by atoms with van der Waals surface area (Å²) in [4.78, 5) is 65.1. The van der Waals surface area contributed by atoms with Gasteiger partial charge < -0.3 is 14.5 Å². The van der Waals surface area contributed by atoms with E-state index in [1.54, 1.807) is 24.3 Å². The summed E-state index contributed by atoms with van der Waals surface area (Å²) in [6.45, 7) is 0.0982. The van der Waals surface area contributed by atoms with E-state index in [1.807, 2.05) is 0 Å². The van der Waals surface area contributed by atoms with Crippen LogP contribution in [0.5, 0.6) is 0 Å². The maximum absolute atomic E-state index is 13.6. The number of non-ortho nitro benzene ring substituents is 2. The van der Waals surface area contributed by atoms with Crippen molar-refractivity contribution in [3.8, 4) is 0 Å². The molecule has 13 nitrogen and oxygen atoms in total. The highest BCUT2D eigenvalue weighted by molar-refractivity contribution is 6.25. The van der Waals surface area contributed by atoms with Crippen LogP contribution in [-0.2, 0) is 16.1 Å². The molecule has 3 aliphatic rings. The van der Waals surface area contributed by atoms with E-state index >= 15 is 0 Å². The number of imide groups is 1. The van der Waals surface area contributed by atoms with Crippen LogP contribution in [0, 0.1) is 20.2 Å². The Morgan fingerprint density at radius 3 is 2.34 bits per heavy atom.